The lowest BCUT2D eigenvalue weighted by Crippen LogP contribution is -2.00. The fourth-order valence-electron chi connectivity index (χ4n) is 1.55. The first kappa shape index (κ1) is 10.1. The summed E-state index contributed by atoms with van der Waals surface area (Å²) in [5.41, 5.74) is 1.68. The quantitative estimate of drug-likeness (QED) is 0.759. The topological polar surface area (TPSA) is 60.5 Å². The monoisotopic (exact) mass is 207 g/mol. The van der Waals surface area contributed by atoms with Crippen LogP contribution in [0.2, 0.25) is 0 Å². The molecule has 0 aliphatic heterocycles. The van der Waals surface area contributed by atoms with Crippen molar-refractivity contribution in [2.45, 2.75) is 6.42 Å². The third-order valence-electron chi connectivity index (χ3n) is 2.38. The first-order valence-corrected chi connectivity index (χ1v) is 4.97. The SMILES string of the molecule is N#CC(C#N)Cc1ccc2ccccc2n1. The number of nitriles is 2. The van der Waals surface area contributed by atoms with Crippen LogP contribution < -0.4 is 0 Å². The molecule has 0 amide bonds. The Morgan fingerprint density at radius 1 is 1.06 bits per heavy atom. The first-order chi connectivity index (χ1) is 7.83. The summed E-state index contributed by atoms with van der Waals surface area (Å²) in [6, 6.07) is 15.5. The molecule has 16 heavy (non-hydrogen) atoms. The van der Waals surface area contributed by atoms with Crippen LogP contribution in [0.15, 0.2) is 36.4 Å². The zero-order chi connectivity index (χ0) is 11.4. The molecule has 0 aliphatic rings. The van der Waals surface area contributed by atoms with Crippen molar-refractivity contribution in [1.29, 1.82) is 10.5 Å². The Kier molecular flexibility index (Phi) is 2.80. The fourth-order valence-corrected chi connectivity index (χ4v) is 1.55. The van der Waals surface area contributed by atoms with Gasteiger partial charge in [0.2, 0.25) is 0 Å². The molecule has 0 bridgehead atoms. The Bertz CT molecular complexity index is 576. The minimum Gasteiger partial charge on any atom is -0.253 e. The molecule has 0 unspecified atom stereocenters. The zero-order valence-corrected chi connectivity index (χ0v) is 8.59. The van der Waals surface area contributed by atoms with Crippen LogP contribution in [0, 0.1) is 28.6 Å². The molecule has 3 heteroatoms. The summed E-state index contributed by atoms with van der Waals surface area (Å²) in [6.45, 7) is 0. The molecule has 0 saturated heterocycles. The van der Waals surface area contributed by atoms with Crippen LogP contribution in [-0.4, -0.2) is 4.98 Å². The normalized spacial score (nSPS) is 9.94. The van der Waals surface area contributed by atoms with Gasteiger partial charge in [-0.1, -0.05) is 24.3 Å². The van der Waals surface area contributed by atoms with E-state index in [0.29, 0.717) is 6.42 Å². The van der Waals surface area contributed by atoms with Crippen molar-refractivity contribution in [2.75, 3.05) is 0 Å². The zero-order valence-electron chi connectivity index (χ0n) is 8.59. The molecule has 0 atom stereocenters. The van der Waals surface area contributed by atoms with Gasteiger partial charge in [0, 0.05) is 17.5 Å². The van der Waals surface area contributed by atoms with Crippen molar-refractivity contribution in [3.05, 3.63) is 42.1 Å². The number of aromatic nitrogens is 1. The number of hydrogen-bond donors (Lipinski definition) is 0. The van der Waals surface area contributed by atoms with Crippen LogP contribution in [0.1, 0.15) is 5.69 Å². The van der Waals surface area contributed by atoms with Crippen molar-refractivity contribution < 1.29 is 0 Å². The molecule has 2 rings (SSSR count). The van der Waals surface area contributed by atoms with Crippen LogP contribution in [0.3, 0.4) is 0 Å². The molecule has 0 aliphatic carbocycles. The molecular weight excluding hydrogens is 198 g/mol. The predicted molar refractivity (Wildman–Crippen MR) is 60.2 cm³/mol. The second-order valence-electron chi connectivity index (χ2n) is 3.51. The Balaban J connectivity index is 2.34. The molecule has 1 aromatic heterocycles. The van der Waals surface area contributed by atoms with Gasteiger partial charge in [0.05, 0.1) is 17.7 Å². The smallest absolute Gasteiger partial charge is 0.138 e. The Hall–Kier alpha value is -2.39. The molecule has 76 valence electrons. The maximum atomic E-state index is 8.70. The van der Waals surface area contributed by atoms with Gasteiger partial charge in [0.1, 0.15) is 5.92 Å². The van der Waals surface area contributed by atoms with Crippen molar-refractivity contribution in [3.63, 3.8) is 0 Å². The first-order valence-electron chi connectivity index (χ1n) is 4.97. The Morgan fingerprint density at radius 2 is 1.81 bits per heavy atom. The third-order valence-corrected chi connectivity index (χ3v) is 2.38. The number of hydrogen-bond acceptors (Lipinski definition) is 3. The van der Waals surface area contributed by atoms with Crippen LogP contribution in [0.5, 0.6) is 0 Å². The minimum absolute atomic E-state index is 0.387. The molecule has 1 aromatic carbocycles. The van der Waals surface area contributed by atoms with Crippen LogP contribution in [0.4, 0.5) is 0 Å². The summed E-state index contributed by atoms with van der Waals surface area (Å²) in [6.07, 6.45) is 0.387. The van der Waals surface area contributed by atoms with Crippen LogP contribution in [0.25, 0.3) is 10.9 Å². The van der Waals surface area contributed by atoms with Crippen molar-refractivity contribution in [1.82, 2.24) is 4.98 Å². The number of benzene rings is 1. The van der Waals surface area contributed by atoms with E-state index in [1.807, 2.05) is 48.5 Å². The summed E-state index contributed by atoms with van der Waals surface area (Å²) in [5, 5.41) is 18.5. The second kappa shape index (κ2) is 4.42. The molecule has 2 aromatic rings. The molecule has 0 radical (unpaired) electrons. The van der Waals surface area contributed by atoms with Crippen molar-refractivity contribution >= 4 is 10.9 Å². The van der Waals surface area contributed by atoms with Gasteiger partial charge in [0.25, 0.3) is 0 Å². The average molecular weight is 207 g/mol. The molecule has 1 heterocycles. The maximum absolute atomic E-state index is 8.70. The van der Waals surface area contributed by atoms with Crippen molar-refractivity contribution in [3.8, 4) is 12.1 Å². The number of rotatable bonds is 2. The highest BCUT2D eigenvalue weighted by molar-refractivity contribution is 5.78. The van der Waals surface area contributed by atoms with E-state index in [9.17, 15) is 0 Å². The van der Waals surface area contributed by atoms with Crippen molar-refractivity contribution in [2.24, 2.45) is 5.92 Å². The van der Waals surface area contributed by atoms with E-state index in [2.05, 4.69) is 4.98 Å². The average Bonchev–Trinajstić information content (AvgIpc) is 2.35. The van der Waals surface area contributed by atoms with Crippen LogP contribution in [-0.2, 0) is 6.42 Å². The largest absolute Gasteiger partial charge is 0.253 e. The van der Waals surface area contributed by atoms with E-state index in [4.69, 9.17) is 10.5 Å². The maximum Gasteiger partial charge on any atom is 0.138 e. The fraction of sp³-hybridized carbons (Fsp3) is 0.154. The molecule has 0 spiro atoms. The summed E-state index contributed by atoms with van der Waals surface area (Å²) >= 11 is 0. The van der Waals surface area contributed by atoms with Gasteiger partial charge in [-0.15, -0.1) is 0 Å². The summed E-state index contributed by atoms with van der Waals surface area (Å²) in [7, 11) is 0. The number of nitrogens with zero attached hydrogens (tertiary/aromatic N) is 3. The number of pyridine rings is 1. The van der Waals surface area contributed by atoms with Gasteiger partial charge in [-0.25, -0.2) is 0 Å². The lowest BCUT2D eigenvalue weighted by atomic mass is 10.1. The number of fused-ring (bicyclic) bond motifs is 1. The van der Waals surface area contributed by atoms with E-state index < -0.39 is 5.92 Å². The molecule has 0 fully saturated rings. The van der Waals surface area contributed by atoms with E-state index in [1.165, 1.54) is 0 Å². The summed E-state index contributed by atoms with van der Waals surface area (Å²) in [5.74, 6) is -0.617. The Labute approximate surface area is 93.6 Å². The van der Waals surface area contributed by atoms with Gasteiger partial charge in [0.15, 0.2) is 0 Å². The Morgan fingerprint density at radius 3 is 2.56 bits per heavy atom. The standard InChI is InChI=1S/C13H9N3/c14-8-10(9-15)7-12-6-5-11-3-1-2-4-13(11)16-12/h1-6,10H,7H2. The third kappa shape index (κ3) is 1.99. The van der Waals surface area contributed by atoms with E-state index in [1.54, 1.807) is 0 Å². The number of para-hydroxylation sites is 1. The molecule has 0 N–H and O–H groups in total. The van der Waals surface area contributed by atoms with E-state index in [-0.39, 0.29) is 0 Å². The molecular formula is C13H9N3. The molecule has 0 saturated carbocycles. The lowest BCUT2D eigenvalue weighted by Gasteiger charge is -2.02. The second-order valence-corrected chi connectivity index (χ2v) is 3.51. The predicted octanol–water partition coefficient (Wildman–Crippen LogP) is 2.44. The van der Waals surface area contributed by atoms with Gasteiger partial charge >= 0.3 is 0 Å². The highest BCUT2D eigenvalue weighted by Crippen LogP contribution is 2.13. The van der Waals surface area contributed by atoms with Gasteiger partial charge in [-0.2, -0.15) is 10.5 Å². The van der Waals surface area contributed by atoms with E-state index in [0.717, 1.165) is 16.6 Å². The molecule has 3 nitrogen and oxygen atoms in total. The van der Waals surface area contributed by atoms with Gasteiger partial charge in [-0.05, 0) is 12.1 Å². The summed E-state index contributed by atoms with van der Waals surface area (Å²) in [4.78, 5) is 4.41. The highest BCUT2D eigenvalue weighted by Gasteiger charge is 2.08. The van der Waals surface area contributed by atoms with Gasteiger partial charge in [-0.3, -0.25) is 4.98 Å². The minimum atomic E-state index is -0.617. The lowest BCUT2D eigenvalue weighted by molar-refractivity contribution is 0.811. The summed E-state index contributed by atoms with van der Waals surface area (Å²) < 4.78 is 0. The van der Waals surface area contributed by atoms with Crippen LogP contribution >= 0.6 is 0 Å². The van der Waals surface area contributed by atoms with E-state index >= 15 is 0 Å². The highest BCUT2D eigenvalue weighted by atomic mass is 14.7. The van der Waals surface area contributed by atoms with Gasteiger partial charge < -0.3 is 0 Å².